The number of hydrogen-bond donors (Lipinski definition) is 1. The van der Waals surface area contributed by atoms with E-state index in [1.165, 1.54) is 23.1 Å². The van der Waals surface area contributed by atoms with Gasteiger partial charge in [-0.3, -0.25) is 14.4 Å². The smallest absolute Gasteiger partial charge is 0.325 e. The SMILES string of the molecule is CC(C)N(C(=O)COC(=O)CNC(=O)c1ccccc1F)c1ccccc1. The Labute approximate surface area is 156 Å². The second-order valence-corrected chi connectivity index (χ2v) is 6.02. The Morgan fingerprint density at radius 1 is 1.04 bits per heavy atom. The lowest BCUT2D eigenvalue weighted by Crippen LogP contribution is -2.40. The lowest BCUT2D eigenvalue weighted by atomic mass is 10.2. The molecule has 7 heteroatoms. The minimum absolute atomic E-state index is 0.126. The number of anilines is 1. The van der Waals surface area contributed by atoms with Gasteiger partial charge in [0, 0.05) is 11.7 Å². The van der Waals surface area contributed by atoms with Crippen molar-refractivity contribution >= 4 is 23.5 Å². The summed E-state index contributed by atoms with van der Waals surface area (Å²) in [7, 11) is 0. The van der Waals surface area contributed by atoms with E-state index in [9.17, 15) is 18.8 Å². The molecule has 0 bridgehead atoms. The van der Waals surface area contributed by atoms with Crippen LogP contribution in [0.3, 0.4) is 0 Å². The van der Waals surface area contributed by atoms with Crippen LogP contribution in [0.25, 0.3) is 0 Å². The van der Waals surface area contributed by atoms with Gasteiger partial charge in [0.2, 0.25) is 0 Å². The minimum atomic E-state index is -0.787. The number of hydrogen-bond acceptors (Lipinski definition) is 4. The van der Waals surface area contributed by atoms with Crippen LogP contribution in [0.2, 0.25) is 0 Å². The van der Waals surface area contributed by atoms with Crippen LogP contribution in [-0.2, 0) is 14.3 Å². The number of halogens is 1. The highest BCUT2D eigenvalue weighted by Crippen LogP contribution is 2.16. The molecule has 0 radical (unpaired) electrons. The molecule has 27 heavy (non-hydrogen) atoms. The average molecular weight is 372 g/mol. The van der Waals surface area contributed by atoms with Gasteiger partial charge in [-0.05, 0) is 38.1 Å². The first-order valence-electron chi connectivity index (χ1n) is 8.45. The summed E-state index contributed by atoms with van der Waals surface area (Å²) in [6, 6.07) is 14.3. The molecule has 0 saturated heterocycles. The van der Waals surface area contributed by atoms with Gasteiger partial charge >= 0.3 is 5.97 Å². The van der Waals surface area contributed by atoms with E-state index in [1.807, 2.05) is 32.0 Å². The third kappa shape index (κ3) is 5.64. The predicted octanol–water partition coefficient (Wildman–Crippen LogP) is 2.54. The second-order valence-electron chi connectivity index (χ2n) is 6.02. The normalized spacial score (nSPS) is 10.4. The standard InChI is InChI=1S/C20H21FN2O4/c1-14(2)23(15-8-4-3-5-9-15)18(24)13-27-19(25)12-22-20(26)16-10-6-7-11-17(16)21/h3-11,14H,12-13H2,1-2H3,(H,22,26). The zero-order valence-electron chi connectivity index (χ0n) is 15.1. The first-order chi connectivity index (χ1) is 12.9. The molecule has 0 aliphatic rings. The van der Waals surface area contributed by atoms with Crippen molar-refractivity contribution in [3.05, 3.63) is 66.0 Å². The number of esters is 1. The number of amides is 2. The molecule has 0 saturated carbocycles. The van der Waals surface area contributed by atoms with E-state index in [0.29, 0.717) is 5.69 Å². The average Bonchev–Trinajstić information content (AvgIpc) is 2.65. The molecule has 0 unspecified atom stereocenters. The number of nitrogens with one attached hydrogen (secondary N) is 1. The van der Waals surface area contributed by atoms with E-state index in [2.05, 4.69) is 5.32 Å². The van der Waals surface area contributed by atoms with Crippen molar-refractivity contribution in [2.45, 2.75) is 19.9 Å². The Kier molecular flexibility index (Phi) is 7.05. The van der Waals surface area contributed by atoms with Crippen LogP contribution in [0.5, 0.6) is 0 Å². The largest absolute Gasteiger partial charge is 0.454 e. The third-order valence-corrected chi connectivity index (χ3v) is 3.69. The van der Waals surface area contributed by atoms with Gasteiger partial charge in [0.1, 0.15) is 12.4 Å². The van der Waals surface area contributed by atoms with Gasteiger partial charge in [-0.25, -0.2) is 4.39 Å². The van der Waals surface area contributed by atoms with Gasteiger partial charge in [-0.15, -0.1) is 0 Å². The van der Waals surface area contributed by atoms with E-state index in [-0.39, 0.29) is 17.5 Å². The van der Waals surface area contributed by atoms with Crippen LogP contribution in [0.4, 0.5) is 10.1 Å². The van der Waals surface area contributed by atoms with Gasteiger partial charge in [0.15, 0.2) is 6.61 Å². The van der Waals surface area contributed by atoms with Gasteiger partial charge < -0.3 is 15.0 Å². The predicted molar refractivity (Wildman–Crippen MR) is 98.8 cm³/mol. The van der Waals surface area contributed by atoms with Gasteiger partial charge in [-0.1, -0.05) is 30.3 Å². The molecule has 1 N–H and O–H groups in total. The summed E-state index contributed by atoms with van der Waals surface area (Å²) in [4.78, 5) is 37.6. The monoisotopic (exact) mass is 372 g/mol. The number of nitrogens with zero attached hydrogens (tertiary/aromatic N) is 1. The number of carbonyl (C=O) groups excluding carboxylic acids is 3. The highest BCUT2D eigenvalue weighted by Gasteiger charge is 2.20. The molecule has 2 aromatic carbocycles. The summed E-state index contributed by atoms with van der Waals surface area (Å²) in [5, 5.41) is 2.27. The molecule has 0 atom stereocenters. The Balaban J connectivity index is 1.86. The van der Waals surface area contributed by atoms with E-state index in [0.717, 1.165) is 6.07 Å². The molecule has 0 heterocycles. The molecule has 142 valence electrons. The molecule has 0 fully saturated rings. The maximum atomic E-state index is 13.5. The lowest BCUT2D eigenvalue weighted by molar-refractivity contribution is -0.146. The fourth-order valence-electron chi connectivity index (χ4n) is 2.47. The Bertz CT molecular complexity index is 809. The van der Waals surface area contributed by atoms with E-state index < -0.39 is 30.8 Å². The number of para-hydroxylation sites is 1. The Morgan fingerprint density at radius 3 is 2.30 bits per heavy atom. The second kappa shape index (κ2) is 9.47. The maximum absolute atomic E-state index is 13.5. The summed E-state index contributed by atoms with van der Waals surface area (Å²) in [6.07, 6.45) is 0. The van der Waals surface area contributed by atoms with Crippen molar-refractivity contribution in [1.82, 2.24) is 5.32 Å². The van der Waals surface area contributed by atoms with Crippen molar-refractivity contribution in [1.29, 1.82) is 0 Å². The van der Waals surface area contributed by atoms with Crippen molar-refractivity contribution in [3.8, 4) is 0 Å². The summed E-state index contributed by atoms with van der Waals surface area (Å²) in [5.74, 6) is -2.59. The highest BCUT2D eigenvalue weighted by atomic mass is 19.1. The van der Waals surface area contributed by atoms with Crippen LogP contribution in [0.1, 0.15) is 24.2 Å². The van der Waals surface area contributed by atoms with Crippen LogP contribution >= 0.6 is 0 Å². The topological polar surface area (TPSA) is 75.7 Å². The molecular weight excluding hydrogens is 351 g/mol. The number of rotatable bonds is 7. The summed E-state index contributed by atoms with van der Waals surface area (Å²) >= 11 is 0. The van der Waals surface area contributed by atoms with Gasteiger partial charge in [0.05, 0.1) is 5.56 Å². The van der Waals surface area contributed by atoms with Gasteiger partial charge in [-0.2, -0.15) is 0 Å². The zero-order valence-corrected chi connectivity index (χ0v) is 15.1. The lowest BCUT2D eigenvalue weighted by Gasteiger charge is -2.26. The van der Waals surface area contributed by atoms with Crippen molar-refractivity contribution in [3.63, 3.8) is 0 Å². The van der Waals surface area contributed by atoms with E-state index in [4.69, 9.17) is 4.74 Å². The molecule has 2 rings (SSSR count). The quantitative estimate of drug-likeness (QED) is 0.758. The molecule has 6 nitrogen and oxygen atoms in total. The summed E-state index contributed by atoms with van der Waals surface area (Å²) < 4.78 is 18.5. The molecule has 0 aliphatic heterocycles. The zero-order chi connectivity index (χ0) is 19.8. The first-order valence-corrected chi connectivity index (χ1v) is 8.45. The maximum Gasteiger partial charge on any atom is 0.325 e. The fourth-order valence-corrected chi connectivity index (χ4v) is 2.47. The van der Waals surface area contributed by atoms with Crippen molar-refractivity contribution < 1.29 is 23.5 Å². The molecule has 2 aromatic rings. The molecule has 2 amide bonds. The van der Waals surface area contributed by atoms with Crippen LogP contribution in [-0.4, -0.2) is 37.0 Å². The molecule has 0 spiro atoms. The first kappa shape index (κ1) is 20.1. The Hall–Kier alpha value is -3.22. The number of ether oxygens (including phenoxy) is 1. The van der Waals surface area contributed by atoms with E-state index >= 15 is 0 Å². The molecular formula is C20H21FN2O4. The van der Waals surface area contributed by atoms with Crippen LogP contribution < -0.4 is 10.2 Å². The van der Waals surface area contributed by atoms with Gasteiger partial charge in [0.25, 0.3) is 11.8 Å². The molecule has 0 aromatic heterocycles. The highest BCUT2D eigenvalue weighted by molar-refractivity contribution is 5.97. The number of carbonyl (C=O) groups is 3. The summed E-state index contributed by atoms with van der Waals surface area (Å²) in [6.45, 7) is 2.78. The molecule has 0 aliphatic carbocycles. The summed E-state index contributed by atoms with van der Waals surface area (Å²) in [5.41, 5.74) is 0.526. The third-order valence-electron chi connectivity index (χ3n) is 3.69. The van der Waals surface area contributed by atoms with Crippen molar-refractivity contribution in [2.24, 2.45) is 0 Å². The minimum Gasteiger partial charge on any atom is -0.454 e. The van der Waals surface area contributed by atoms with E-state index in [1.54, 1.807) is 12.1 Å². The fraction of sp³-hybridized carbons (Fsp3) is 0.250. The van der Waals surface area contributed by atoms with Crippen LogP contribution in [0, 0.1) is 5.82 Å². The Morgan fingerprint density at radius 2 is 1.67 bits per heavy atom. The number of benzene rings is 2. The van der Waals surface area contributed by atoms with Crippen LogP contribution in [0.15, 0.2) is 54.6 Å². The van der Waals surface area contributed by atoms with Crippen molar-refractivity contribution in [2.75, 3.05) is 18.1 Å².